The molecule has 1 atom stereocenters. The second-order valence-corrected chi connectivity index (χ2v) is 6.84. The van der Waals surface area contributed by atoms with Crippen LogP contribution >= 0.6 is 24.0 Å². The van der Waals surface area contributed by atoms with Crippen molar-refractivity contribution in [2.24, 2.45) is 0 Å². The molecule has 0 saturated carbocycles. The smallest absolute Gasteiger partial charge is 0.323 e. The average Bonchev–Trinajstić information content (AvgIpc) is 2.92. The number of nitrogens with zero attached hydrogens (tertiary/aromatic N) is 1. The van der Waals surface area contributed by atoms with Gasteiger partial charge in [-0.3, -0.25) is 14.5 Å². The highest BCUT2D eigenvalue weighted by Crippen LogP contribution is 2.34. The summed E-state index contributed by atoms with van der Waals surface area (Å²) in [6.45, 7) is 1.61. The van der Waals surface area contributed by atoms with Crippen LogP contribution in [-0.4, -0.2) is 38.9 Å². The fourth-order valence-corrected chi connectivity index (χ4v) is 3.71. The lowest BCUT2D eigenvalue weighted by molar-refractivity contribution is -0.140. The molecule has 1 saturated heterocycles. The number of thiocarbonyl (C=S) groups is 1. The summed E-state index contributed by atoms with van der Waals surface area (Å²) in [6.07, 6.45) is 2.75. The number of fused-ring (bicyclic) bond motifs is 1. The van der Waals surface area contributed by atoms with Crippen LogP contribution in [0.1, 0.15) is 18.1 Å². The van der Waals surface area contributed by atoms with E-state index in [4.69, 9.17) is 22.1 Å². The van der Waals surface area contributed by atoms with E-state index in [1.165, 1.54) is 0 Å². The molecule has 0 aliphatic carbocycles. The van der Waals surface area contributed by atoms with Gasteiger partial charge in [-0.25, -0.2) is 0 Å². The van der Waals surface area contributed by atoms with Gasteiger partial charge < -0.3 is 9.84 Å². The highest BCUT2D eigenvalue weighted by atomic mass is 32.2. The first kappa shape index (κ1) is 15.1. The average molecular weight is 335 g/mol. The van der Waals surface area contributed by atoms with Crippen LogP contribution in [0.5, 0.6) is 5.75 Å². The van der Waals surface area contributed by atoms with E-state index >= 15 is 0 Å². The number of rotatable bonds is 3. The Morgan fingerprint density at radius 3 is 3.09 bits per heavy atom. The summed E-state index contributed by atoms with van der Waals surface area (Å²) in [5.74, 6) is -0.563. The molecule has 0 bridgehead atoms. The molecule has 2 heterocycles. The molecule has 1 fully saturated rings. The topological polar surface area (TPSA) is 66.8 Å². The van der Waals surface area contributed by atoms with Crippen LogP contribution in [0, 0.1) is 0 Å². The van der Waals surface area contributed by atoms with Gasteiger partial charge in [0.1, 0.15) is 22.7 Å². The number of benzene rings is 1. The molecule has 22 heavy (non-hydrogen) atoms. The number of hydrogen-bond acceptors (Lipinski definition) is 5. The van der Waals surface area contributed by atoms with E-state index < -0.39 is 12.5 Å². The van der Waals surface area contributed by atoms with E-state index in [1.807, 2.05) is 25.1 Å². The third-order valence-corrected chi connectivity index (χ3v) is 4.76. The number of aliphatic carboxylic acids is 1. The summed E-state index contributed by atoms with van der Waals surface area (Å²) in [6, 6.07) is 5.76. The molecular formula is C15H13NO4S2. The lowest BCUT2D eigenvalue weighted by Gasteiger charge is -2.10. The van der Waals surface area contributed by atoms with E-state index in [0.29, 0.717) is 4.91 Å². The van der Waals surface area contributed by atoms with Gasteiger partial charge in [0.25, 0.3) is 5.91 Å². The highest BCUT2D eigenvalue weighted by molar-refractivity contribution is 8.26. The maximum Gasteiger partial charge on any atom is 0.323 e. The van der Waals surface area contributed by atoms with Crippen molar-refractivity contribution in [2.45, 2.75) is 19.4 Å². The molecule has 0 spiro atoms. The van der Waals surface area contributed by atoms with E-state index in [0.717, 1.165) is 40.0 Å². The Balaban J connectivity index is 1.84. The first-order valence-corrected chi connectivity index (χ1v) is 7.93. The molecule has 5 nitrogen and oxygen atoms in total. The van der Waals surface area contributed by atoms with Gasteiger partial charge in [0, 0.05) is 6.42 Å². The minimum atomic E-state index is -1.08. The Bertz CT molecular complexity index is 713. The van der Waals surface area contributed by atoms with Gasteiger partial charge >= 0.3 is 5.97 Å². The first-order valence-electron chi connectivity index (χ1n) is 6.71. The molecule has 1 amide bonds. The molecule has 7 heteroatoms. The number of hydrogen-bond donors (Lipinski definition) is 1. The Morgan fingerprint density at radius 1 is 1.59 bits per heavy atom. The molecule has 3 rings (SSSR count). The molecule has 0 aromatic heterocycles. The minimum Gasteiger partial charge on any atom is -0.490 e. The van der Waals surface area contributed by atoms with Crippen molar-refractivity contribution in [3.05, 3.63) is 34.2 Å². The summed E-state index contributed by atoms with van der Waals surface area (Å²) < 4.78 is 5.92. The van der Waals surface area contributed by atoms with Crippen LogP contribution in [-0.2, 0) is 16.0 Å². The maximum absolute atomic E-state index is 12.2. The van der Waals surface area contributed by atoms with Gasteiger partial charge in [0.05, 0.1) is 4.91 Å². The zero-order chi connectivity index (χ0) is 15.9. The molecule has 1 unspecified atom stereocenters. The summed E-state index contributed by atoms with van der Waals surface area (Å²) in [7, 11) is 0. The predicted octanol–water partition coefficient (Wildman–Crippen LogP) is 2.30. The van der Waals surface area contributed by atoms with Crippen molar-refractivity contribution in [1.82, 2.24) is 4.90 Å². The van der Waals surface area contributed by atoms with E-state index in [1.54, 1.807) is 6.08 Å². The second-order valence-electron chi connectivity index (χ2n) is 5.16. The number of amides is 1. The molecule has 2 aliphatic heterocycles. The van der Waals surface area contributed by atoms with Gasteiger partial charge in [-0.05, 0) is 36.3 Å². The Labute approximate surface area is 136 Å². The summed E-state index contributed by atoms with van der Waals surface area (Å²) in [5.41, 5.74) is 1.99. The van der Waals surface area contributed by atoms with Gasteiger partial charge in [-0.1, -0.05) is 30.0 Å². The quantitative estimate of drug-likeness (QED) is 0.675. The molecule has 114 valence electrons. The zero-order valence-corrected chi connectivity index (χ0v) is 13.4. The van der Waals surface area contributed by atoms with Crippen molar-refractivity contribution in [2.75, 3.05) is 6.54 Å². The maximum atomic E-state index is 12.2. The van der Waals surface area contributed by atoms with Crippen molar-refractivity contribution in [1.29, 1.82) is 0 Å². The molecule has 1 aromatic rings. The Kier molecular flexibility index (Phi) is 3.92. The normalized spacial score (nSPS) is 22.1. The number of carboxylic acids is 1. The SMILES string of the molecule is CC1Cc2cc(C=C3SC(=S)N(CC(=O)O)C3=O)ccc2O1. The Hall–Kier alpha value is -1.86. The van der Waals surface area contributed by atoms with E-state index in [9.17, 15) is 9.59 Å². The fourth-order valence-electron chi connectivity index (χ4n) is 2.45. The van der Waals surface area contributed by atoms with Gasteiger partial charge in [0.15, 0.2) is 0 Å². The van der Waals surface area contributed by atoms with Crippen molar-refractivity contribution < 1.29 is 19.4 Å². The van der Waals surface area contributed by atoms with Gasteiger partial charge in [0.2, 0.25) is 0 Å². The summed E-state index contributed by atoms with van der Waals surface area (Å²) in [5, 5.41) is 8.82. The molecular weight excluding hydrogens is 322 g/mol. The van der Waals surface area contributed by atoms with Crippen molar-refractivity contribution >= 4 is 46.3 Å². The number of carbonyl (C=O) groups excluding carboxylic acids is 1. The van der Waals surface area contributed by atoms with Crippen LogP contribution in [0.15, 0.2) is 23.1 Å². The standard InChI is InChI=1S/C15H13NO4S2/c1-8-4-10-5-9(2-3-11(10)20-8)6-12-14(19)16(7-13(17)18)15(21)22-12/h2-3,5-6,8H,4,7H2,1H3,(H,17,18). The van der Waals surface area contributed by atoms with Gasteiger partial charge in [-0.15, -0.1) is 0 Å². The monoisotopic (exact) mass is 335 g/mol. The van der Waals surface area contributed by atoms with Crippen LogP contribution in [0.2, 0.25) is 0 Å². The van der Waals surface area contributed by atoms with Crippen LogP contribution in [0.4, 0.5) is 0 Å². The number of ether oxygens (including phenoxy) is 1. The van der Waals surface area contributed by atoms with E-state index in [-0.39, 0.29) is 16.3 Å². The zero-order valence-electron chi connectivity index (χ0n) is 11.7. The highest BCUT2D eigenvalue weighted by Gasteiger charge is 2.33. The third-order valence-electron chi connectivity index (χ3n) is 3.38. The molecule has 1 N–H and O–H groups in total. The van der Waals surface area contributed by atoms with Crippen molar-refractivity contribution in [3.63, 3.8) is 0 Å². The lowest BCUT2D eigenvalue weighted by atomic mass is 10.1. The lowest BCUT2D eigenvalue weighted by Crippen LogP contribution is -2.33. The van der Waals surface area contributed by atoms with Crippen LogP contribution < -0.4 is 4.74 Å². The molecule has 2 aliphatic rings. The summed E-state index contributed by atoms with van der Waals surface area (Å²) in [4.78, 5) is 24.5. The second kappa shape index (κ2) is 5.73. The molecule has 0 radical (unpaired) electrons. The predicted molar refractivity (Wildman–Crippen MR) is 87.8 cm³/mol. The fraction of sp³-hybridized carbons (Fsp3) is 0.267. The van der Waals surface area contributed by atoms with Crippen LogP contribution in [0.3, 0.4) is 0 Å². The van der Waals surface area contributed by atoms with Crippen LogP contribution in [0.25, 0.3) is 6.08 Å². The third kappa shape index (κ3) is 2.86. The number of thioether (sulfide) groups is 1. The number of carboxylic acid groups (broad SMARTS) is 1. The van der Waals surface area contributed by atoms with Crippen molar-refractivity contribution in [3.8, 4) is 5.75 Å². The van der Waals surface area contributed by atoms with E-state index in [2.05, 4.69) is 0 Å². The molecule has 1 aromatic carbocycles. The number of carbonyl (C=O) groups is 2. The van der Waals surface area contributed by atoms with Gasteiger partial charge in [-0.2, -0.15) is 0 Å². The Morgan fingerprint density at radius 2 is 2.36 bits per heavy atom. The first-order chi connectivity index (χ1) is 10.4. The largest absolute Gasteiger partial charge is 0.490 e. The minimum absolute atomic E-state index is 0.166. The summed E-state index contributed by atoms with van der Waals surface area (Å²) >= 11 is 6.19.